The molecule has 0 spiro atoms. The van der Waals surface area contributed by atoms with E-state index < -0.39 is 6.09 Å². The average molecular weight is 211 g/mol. The SMILES string of the molecule is Cn1cc(OC[C@@H]2CCN2C(=O)O)cn1. The first-order valence-corrected chi connectivity index (χ1v) is 4.78. The second kappa shape index (κ2) is 3.80. The summed E-state index contributed by atoms with van der Waals surface area (Å²) in [6.07, 6.45) is 3.36. The van der Waals surface area contributed by atoms with Crippen molar-refractivity contribution >= 4 is 6.09 Å². The Morgan fingerprint density at radius 1 is 1.80 bits per heavy atom. The van der Waals surface area contributed by atoms with Crippen LogP contribution < -0.4 is 4.74 Å². The fourth-order valence-electron chi connectivity index (χ4n) is 1.53. The van der Waals surface area contributed by atoms with Gasteiger partial charge in [-0.25, -0.2) is 4.79 Å². The van der Waals surface area contributed by atoms with Gasteiger partial charge >= 0.3 is 6.09 Å². The number of likely N-dealkylation sites (tertiary alicyclic amines) is 1. The van der Waals surface area contributed by atoms with Crippen molar-refractivity contribution in [3.05, 3.63) is 12.4 Å². The van der Waals surface area contributed by atoms with Crippen molar-refractivity contribution in [2.45, 2.75) is 12.5 Å². The molecule has 0 radical (unpaired) electrons. The third-order valence-corrected chi connectivity index (χ3v) is 2.51. The Kier molecular flexibility index (Phi) is 2.49. The standard InChI is InChI=1S/C9H13N3O3/c1-11-5-8(4-10-11)15-6-7-2-3-12(7)9(13)14/h4-5,7H,2-3,6H2,1H3,(H,13,14)/t7-/m0/s1. The zero-order valence-corrected chi connectivity index (χ0v) is 8.46. The molecule has 1 aliphatic rings. The summed E-state index contributed by atoms with van der Waals surface area (Å²) in [5.41, 5.74) is 0. The highest BCUT2D eigenvalue weighted by Crippen LogP contribution is 2.18. The molecule has 1 aliphatic heterocycles. The van der Waals surface area contributed by atoms with Gasteiger partial charge in [0.2, 0.25) is 0 Å². The quantitative estimate of drug-likeness (QED) is 0.792. The van der Waals surface area contributed by atoms with E-state index in [1.165, 1.54) is 4.90 Å². The lowest BCUT2D eigenvalue weighted by atomic mass is 10.1. The highest BCUT2D eigenvalue weighted by molar-refractivity contribution is 5.66. The van der Waals surface area contributed by atoms with E-state index in [9.17, 15) is 4.79 Å². The summed E-state index contributed by atoms with van der Waals surface area (Å²) in [7, 11) is 1.81. The maximum absolute atomic E-state index is 10.7. The number of nitrogens with zero attached hydrogens (tertiary/aromatic N) is 3. The highest BCUT2D eigenvalue weighted by Gasteiger charge is 2.32. The maximum atomic E-state index is 10.7. The number of rotatable bonds is 3. The summed E-state index contributed by atoms with van der Waals surface area (Å²) < 4.78 is 7.07. The summed E-state index contributed by atoms with van der Waals surface area (Å²) in [4.78, 5) is 12.0. The van der Waals surface area contributed by atoms with E-state index in [1.54, 1.807) is 24.1 Å². The van der Waals surface area contributed by atoms with Crippen LogP contribution >= 0.6 is 0 Å². The van der Waals surface area contributed by atoms with Crippen LogP contribution in [-0.4, -0.2) is 45.1 Å². The number of hydrogen-bond donors (Lipinski definition) is 1. The number of carbonyl (C=O) groups is 1. The van der Waals surface area contributed by atoms with Crippen molar-refractivity contribution in [3.8, 4) is 5.75 Å². The van der Waals surface area contributed by atoms with Crippen LogP contribution in [0.2, 0.25) is 0 Å². The molecule has 1 aromatic rings. The molecular weight excluding hydrogens is 198 g/mol. The van der Waals surface area contributed by atoms with Crippen LogP contribution in [0.1, 0.15) is 6.42 Å². The zero-order chi connectivity index (χ0) is 10.8. The number of ether oxygens (including phenoxy) is 1. The van der Waals surface area contributed by atoms with Gasteiger partial charge in [0.05, 0.1) is 18.4 Å². The average Bonchev–Trinajstić information content (AvgIpc) is 2.48. The van der Waals surface area contributed by atoms with Crippen LogP contribution in [0.3, 0.4) is 0 Å². The summed E-state index contributed by atoms with van der Waals surface area (Å²) >= 11 is 0. The molecular formula is C9H13N3O3. The third-order valence-electron chi connectivity index (χ3n) is 2.51. The molecule has 6 heteroatoms. The van der Waals surface area contributed by atoms with E-state index in [2.05, 4.69) is 5.10 Å². The Hall–Kier alpha value is -1.72. The normalized spacial score (nSPS) is 19.8. The Morgan fingerprint density at radius 3 is 3.07 bits per heavy atom. The molecule has 82 valence electrons. The number of aromatic nitrogens is 2. The van der Waals surface area contributed by atoms with Crippen molar-refractivity contribution in [1.82, 2.24) is 14.7 Å². The summed E-state index contributed by atoms with van der Waals surface area (Å²) in [5, 5.41) is 12.7. The van der Waals surface area contributed by atoms with E-state index in [0.29, 0.717) is 18.9 Å². The Balaban J connectivity index is 1.81. The predicted molar refractivity (Wildman–Crippen MR) is 51.8 cm³/mol. The topological polar surface area (TPSA) is 67.6 Å². The fraction of sp³-hybridized carbons (Fsp3) is 0.556. The largest absolute Gasteiger partial charge is 0.488 e. The van der Waals surface area contributed by atoms with Gasteiger partial charge in [0, 0.05) is 13.6 Å². The Labute approximate surface area is 87.1 Å². The minimum atomic E-state index is -0.874. The van der Waals surface area contributed by atoms with E-state index in [-0.39, 0.29) is 6.04 Å². The molecule has 1 aromatic heterocycles. The first-order valence-electron chi connectivity index (χ1n) is 4.78. The van der Waals surface area contributed by atoms with Crippen molar-refractivity contribution in [3.63, 3.8) is 0 Å². The number of carboxylic acid groups (broad SMARTS) is 1. The number of aryl methyl sites for hydroxylation is 1. The second-order valence-corrected chi connectivity index (χ2v) is 3.58. The molecule has 15 heavy (non-hydrogen) atoms. The van der Waals surface area contributed by atoms with Gasteiger partial charge in [0.15, 0.2) is 5.75 Å². The summed E-state index contributed by atoms with van der Waals surface area (Å²) in [6.45, 7) is 1.01. The minimum absolute atomic E-state index is 0.0114. The smallest absolute Gasteiger partial charge is 0.407 e. The lowest BCUT2D eigenvalue weighted by Crippen LogP contribution is -2.53. The van der Waals surface area contributed by atoms with Crippen LogP contribution in [-0.2, 0) is 7.05 Å². The molecule has 2 rings (SSSR count). The van der Waals surface area contributed by atoms with Gasteiger partial charge in [-0.3, -0.25) is 4.68 Å². The Morgan fingerprint density at radius 2 is 2.60 bits per heavy atom. The molecule has 2 heterocycles. The third kappa shape index (κ3) is 2.03. The second-order valence-electron chi connectivity index (χ2n) is 3.58. The highest BCUT2D eigenvalue weighted by atomic mass is 16.5. The van der Waals surface area contributed by atoms with Crippen LogP contribution in [0.5, 0.6) is 5.75 Å². The van der Waals surface area contributed by atoms with Crippen molar-refractivity contribution in [2.24, 2.45) is 7.05 Å². The van der Waals surface area contributed by atoms with Crippen LogP contribution in [0.15, 0.2) is 12.4 Å². The van der Waals surface area contributed by atoms with Gasteiger partial charge < -0.3 is 14.7 Å². The van der Waals surface area contributed by atoms with Gasteiger partial charge in [0.1, 0.15) is 6.61 Å². The van der Waals surface area contributed by atoms with E-state index >= 15 is 0 Å². The molecule has 0 aliphatic carbocycles. The van der Waals surface area contributed by atoms with Crippen molar-refractivity contribution in [1.29, 1.82) is 0 Å². The maximum Gasteiger partial charge on any atom is 0.407 e. The van der Waals surface area contributed by atoms with E-state index in [0.717, 1.165) is 6.42 Å². The molecule has 1 fully saturated rings. The summed E-state index contributed by atoms with van der Waals surface area (Å²) in [6, 6.07) is -0.0114. The molecule has 0 unspecified atom stereocenters. The first kappa shape index (κ1) is 9.82. The lowest BCUT2D eigenvalue weighted by molar-refractivity contribution is 0.0499. The van der Waals surface area contributed by atoms with Crippen LogP contribution in [0, 0.1) is 0 Å². The fourth-order valence-corrected chi connectivity index (χ4v) is 1.53. The van der Waals surface area contributed by atoms with Crippen LogP contribution in [0.25, 0.3) is 0 Å². The lowest BCUT2D eigenvalue weighted by Gasteiger charge is -2.38. The van der Waals surface area contributed by atoms with E-state index in [4.69, 9.17) is 9.84 Å². The first-order chi connectivity index (χ1) is 7.16. The van der Waals surface area contributed by atoms with Gasteiger partial charge in [0.25, 0.3) is 0 Å². The van der Waals surface area contributed by atoms with Crippen LogP contribution in [0.4, 0.5) is 4.79 Å². The minimum Gasteiger partial charge on any atom is -0.488 e. The molecule has 0 bridgehead atoms. The molecule has 1 saturated heterocycles. The summed E-state index contributed by atoms with van der Waals surface area (Å²) in [5.74, 6) is 0.676. The molecule has 1 atom stereocenters. The molecule has 1 N–H and O–H groups in total. The predicted octanol–water partition coefficient (Wildman–Crippen LogP) is 0.551. The molecule has 6 nitrogen and oxygen atoms in total. The Bertz CT molecular complexity index is 363. The molecule has 1 amide bonds. The van der Waals surface area contributed by atoms with Gasteiger partial charge in [-0.2, -0.15) is 5.10 Å². The number of amides is 1. The number of hydrogen-bond acceptors (Lipinski definition) is 3. The zero-order valence-electron chi connectivity index (χ0n) is 8.46. The van der Waals surface area contributed by atoms with Crippen molar-refractivity contribution < 1.29 is 14.6 Å². The van der Waals surface area contributed by atoms with E-state index in [1.807, 2.05) is 0 Å². The monoisotopic (exact) mass is 211 g/mol. The van der Waals surface area contributed by atoms with Gasteiger partial charge in [-0.1, -0.05) is 0 Å². The van der Waals surface area contributed by atoms with Gasteiger partial charge in [-0.15, -0.1) is 0 Å². The van der Waals surface area contributed by atoms with Gasteiger partial charge in [-0.05, 0) is 6.42 Å². The molecule has 0 aromatic carbocycles. The molecule has 0 saturated carbocycles. The van der Waals surface area contributed by atoms with Crippen molar-refractivity contribution in [2.75, 3.05) is 13.2 Å².